The minimum Gasteiger partial charge on any atom is -0.477 e. The smallest absolute Gasteiger partial charge is 0.351 e. The van der Waals surface area contributed by atoms with Crippen LogP contribution >= 0.6 is 11.6 Å². The van der Waals surface area contributed by atoms with Crippen molar-refractivity contribution in [2.45, 2.75) is 13.3 Å². The van der Waals surface area contributed by atoms with Crippen LogP contribution in [-0.4, -0.2) is 23.3 Å². The van der Waals surface area contributed by atoms with Gasteiger partial charge in [-0.25, -0.2) is 4.79 Å². The van der Waals surface area contributed by atoms with E-state index in [0.717, 1.165) is 12.0 Å². The molecule has 0 aliphatic carbocycles. The van der Waals surface area contributed by atoms with Gasteiger partial charge in [-0.05, 0) is 31.0 Å². The van der Waals surface area contributed by atoms with Gasteiger partial charge in [-0.1, -0.05) is 23.7 Å². The van der Waals surface area contributed by atoms with E-state index < -0.39 is 5.97 Å². The lowest BCUT2D eigenvalue weighted by molar-refractivity contribution is -0.129. The standard InChI is InChI=1S/C11H13ClN2O2/c1-8(11(15)16)14-13-7-6-9-2-4-10(12)5-3-9/h2-5,13H,6-7H2,1H3,(H,15,16)/b14-8-. The fourth-order valence-corrected chi connectivity index (χ4v) is 1.20. The highest BCUT2D eigenvalue weighted by molar-refractivity contribution is 6.34. The summed E-state index contributed by atoms with van der Waals surface area (Å²) in [6, 6.07) is 7.50. The number of carboxylic acid groups (broad SMARTS) is 1. The molecular formula is C11H13ClN2O2. The lowest BCUT2D eigenvalue weighted by Gasteiger charge is -2.02. The summed E-state index contributed by atoms with van der Waals surface area (Å²) in [5.74, 6) is -1.01. The molecule has 0 aliphatic heterocycles. The molecule has 0 radical (unpaired) electrons. The summed E-state index contributed by atoms with van der Waals surface area (Å²) < 4.78 is 0. The maximum atomic E-state index is 10.4. The molecule has 0 fully saturated rings. The molecule has 2 N–H and O–H groups in total. The Bertz CT molecular complexity index is 387. The highest BCUT2D eigenvalue weighted by Crippen LogP contribution is 2.09. The van der Waals surface area contributed by atoms with Crippen LogP contribution in [0.25, 0.3) is 0 Å². The summed E-state index contributed by atoms with van der Waals surface area (Å²) in [5, 5.41) is 12.9. The van der Waals surface area contributed by atoms with Crippen molar-refractivity contribution in [3.8, 4) is 0 Å². The van der Waals surface area contributed by atoms with Crippen LogP contribution in [0.2, 0.25) is 5.02 Å². The van der Waals surface area contributed by atoms with Crippen LogP contribution in [0.4, 0.5) is 0 Å². The summed E-state index contributed by atoms with van der Waals surface area (Å²) in [6.07, 6.45) is 0.771. The molecule has 4 nitrogen and oxygen atoms in total. The third-order valence-corrected chi connectivity index (χ3v) is 2.25. The zero-order valence-corrected chi connectivity index (χ0v) is 9.66. The quantitative estimate of drug-likeness (QED) is 0.470. The first-order valence-corrected chi connectivity index (χ1v) is 5.22. The van der Waals surface area contributed by atoms with Crippen molar-refractivity contribution >= 4 is 23.3 Å². The first-order valence-electron chi connectivity index (χ1n) is 4.84. The topological polar surface area (TPSA) is 61.7 Å². The van der Waals surface area contributed by atoms with Crippen molar-refractivity contribution in [1.82, 2.24) is 5.43 Å². The summed E-state index contributed by atoms with van der Waals surface area (Å²) in [4.78, 5) is 10.4. The molecule has 0 unspecified atom stereocenters. The Balaban J connectivity index is 2.34. The van der Waals surface area contributed by atoms with Crippen molar-refractivity contribution < 1.29 is 9.90 Å². The number of halogens is 1. The Kier molecular flexibility index (Phi) is 4.79. The van der Waals surface area contributed by atoms with Crippen LogP contribution in [0.15, 0.2) is 29.4 Å². The Labute approximate surface area is 98.9 Å². The molecule has 16 heavy (non-hydrogen) atoms. The van der Waals surface area contributed by atoms with E-state index in [1.165, 1.54) is 6.92 Å². The van der Waals surface area contributed by atoms with E-state index in [2.05, 4.69) is 10.5 Å². The summed E-state index contributed by atoms with van der Waals surface area (Å²) in [6.45, 7) is 2.03. The van der Waals surface area contributed by atoms with Gasteiger partial charge in [0.1, 0.15) is 5.71 Å². The molecule has 5 heteroatoms. The van der Waals surface area contributed by atoms with Gasteiger partial charge in [0, 0.05) is 11.6 Å². The van der Waals surface area contributed by atoms with E-state index in [1.807, 2.05) is 24.3 Å². The van der Waals surface area contributed by atoms with Crippen molar-refractivity contribution in [3.63, 3.8) is 0 Å². The number of rotatable bonds is 5. The van der Waals surface area contributed by atoms with Gasteiger partial charge in [-0.3, -0.25) is 0 Å². The first kappa shape index (κ1) is 12.5. The number of hydrazone groups is 1. The maximum absolute atomic E-state index is 10.4. The zero-order valence-electron chi connectivity index (χ0n) is 8.90. The lowest BCUT2D eigenvalue weighted by atomic mass is 10.2. The average Bonchev–Trinajstić information content (AvgIpc) is 2.26. The number of aliphatic carboxylic acids is 1. The molecule has 86 valence electrons. The normalized spacial score (nSPS) is 11.2. The van der Waals surface area contributed by atoms with Crippen molar-refractivity contribution in [3.05, 3.63) is 34.9 Å². The maximum Gasteiger partial charge on any atom is 0.351 e. The Morgan fingerprint density at radius 1 is 1.44 bits per heavy atom. The monoisotopic (exact) mass is 240 g/mol. The number of carboxylic acids is 1. The van der Waals surface area contributed by atoms with Crippen LogP contribution < -0.4 is 5.43 Å². The van der Waals surface area contributed by atoms with Crippen molar-refractivity contribution in [1.29, 1.82) is 0 Å². The first-order chi connectivity index (χ1) is 7.59. The highest BCUT2D eigenvalue weighted by atomic mass is 35.5. The summed E-state index contributed by atoms with van der Waals surface area (Å²) >= 11 is 5.75. The van der Waals surface area contributed by atoms with Gasteiger partial charge in [-0.2, -0.15) is 5.10 Å². The second-order valence-corrected chi connectivity index (χ2v) is 3.72. The van der Waals surface area contributed by atoms with Gasteiger partial charge in [0.15, 0.2) is 0 Å². The zero-order chi connectivity index (χ0) is 12.0. The fourth-order valence-electron chi connectivity index (χ4n) is 1.07. The predicted molar refractivity (Wildman–Crippen MR) is 63.9 cm³/mol. The number of hydrogen-bond acceptors (Lipinski definition) is 3. The van der Waals surface area contributed by atoms with Gasteiger partial charge in [0.2, 0.25) is 0 Å². The minimum atomic E-state index is -1.01. The van der Waals surface area contributed by atoms with Gasteiger partial charge in [0.25, 0.3) is 0 Å². The molecule has 1 aromatic rings. The van der Waals surface area contributed by atoms with Crippen molar-refractivity contribution in [2.24, 2.45) is 5.10 Å². The molecule has 1 aromatic carbocycles. The average molecular weight is 241 g/mol. The van der Waals surface area contributed by atoms with E-state index >= 15 is 0 Å². The largest absolute Gasteiger partial charge is 0.477 e. The van der Waals surface area contributed by atoms with Crippen LogP contribution in [0.5, 0.6) is 0 Å². The molecule has 0 saturated heterocycles. The SMILES string of the molecule is C/C(=N/NCCc1ccc(Cl)cc1)C(=O)O. The van der Waals surface area contributed by atoms with E-state index in [0.29, 0.717) is 11.6 Å². The lowest BCUT2D eigenvalue weighted by Crippen LogP contribution is -2.17. The number of benzene rings is 1. The molecular weight excluding hydrogens is 228 g/mol. The molecule has 0 saturated carbocycles. The Hall–Kier alpha value is -1.55. The molecule has 0 aliphatic rings. The number of nitrogens with zero attached hydrogens (tertiary/aromatic N) is 1. The molecule has 0 atom stereocenters. The molecule has 0 spiro atoms. The molecule has 0 aromatic heterocycles. The van der Waals surface area contributed by atoms with E-state index in [1.54, 1.807) is 0 Å². The van der Waals surface area contributed by atoms with Crippen LogP contribution in [-0.2, 0) is 11.2 Å². The fraction of sp³-hybridized carbons (Fsp3) is 0.273. The Morgan fingerprint density at radius 3 is 2.62 bits per heavy atom. The Morgan fingerprint density at radius 2 is 2.06 bits per heavy atom. The van der Waals surface area contributed by atoms with Gasteiger partial charge in [0.05, 0.1) is 0 Å². The number of nitrogens with one attached hydrogen (secondary N) is 1. The molecule has 0 amide bonds. The minimum absolute atomic E-state index is 0.0520. The third kappa shape index (κ3) is 4.31. The predicted octanol–water partition coefficient (Wildman–Crippen LogP) is 1.93. The van der Waals surface area contributed by atoms with Crippen LogP contribution in [0.1, 0.15) is 12.5 Å². The number of carbonyl (C=O) groups is 1. The van der Waals surface area contributed by atoms with E-state index in [-0.39, 0.29) is 5.71 Å². The molecule has 1 rings (SSSR count). The highest BCUT2D eigenvalue weighted by Gasteiger charge is 2.00. The van der Waals surface area contributed by atoms with E-state index in [9.17, 15) is 4.79 Å². The molecule has 0 heterocycles. The summed E-state index contributed by atoms with van der Waals surface area (Å²) in [5.41, 5.74) is 3.88. The van der Waals surface area contributed by atoms with Gasteiger partial charge in [-0.15, -0.1) is 0 Å². The second kappa shape index (κ2) is 6.12. The van der Waals surface area contributed by atoms with Crippen LogP contribution in [0.3, 0.4) is 0 Å². The summed E-state index contributed by atoms with van der Waals surface area (Å²) in [7, 11) is 0. The molecule has 0 bridgehead atoms. The third-order valence-electron chi connectivity index (χ3n) is 2.00. The number of hydrogen-bond donors (Lipinski definition) is 2. The van der Waals surface area contributed by atoms with Gasteiger partial charge >= 0.3 is 5.97 Å². The van der Waals surface area contributed by atoms with Gasteiger partial charge < -0.3 is 10.5 Å². The second-order valence-electron chi connectivity index (χ2n) is 3.29. The van der Waals surface area contributed by atoms with E-state index in [4.69, 9.17) is 16.7 Å². The van der Waals surface area contributed by atoms with Crippen LogP contribution in [0, 0.1) is 0 Å². The van der Waals surface area contributed by atoms with Crippen molar-refractivity contribution in [2.75, 3.05) is 6.54 Å².